The Morgan fingerprint density at radius 1 is 0.375 bits per heavy atom. The normalized spacial score (nSPS) is 10.9. The Kier molecular flexibility index (Phi) is 7.59. The van der Waals surface area contributed by atoms with Crippen LogP contribution in [0.25, 0.3) is 82.9 Å². The first-order valence-corrected chi connectivity index (χ1v) is 16.0. The molecule has 0 fully saturated rings. The van der Waals surface area contributed by atoms with Crippen LogP contribution in [0.5, 0.6) is 0 Å². The van der Waals surface area contributed by atoms with Gasteiger partial charge in [-0.15, -0.1) is 0 Å². The van der Waals surface area contributed by atoms with Crippen molar-refractivity contribution in [3.05, 3.63) is 187 Å². The maximum atomic E-state index is 7.40. The highest BCUT2D eigenvalue weighted by Gasteiger charge is 2.20. The van der Waals surface area contributed by atoms with Gasteiger partial charge in [0.2, 0.25) is 0 Å². The van der Waals surface area contributed by atoms with E-state index >= 15 is 0 Å². The summed E-state index contributed by atoms with van der Waals surface area (Å²) in [5.41, 5.74) is 12.0. The molecule has 1 heterocycles. The molecule has 224 valence electrons. The summed E-state index contributed by atoms with van der Waals surface area (Å²) in [6.45, 7) is 7.40. The summed E-state index contributed by atoms with van der Waals surface area (Å²) in [5.74, 6) is 0.687. The van der Waals surface area contributed by atoms with E-state index in [0.29, 0.717) is 11.5 Å². The van der Waals surface area contributed by atoms with Crippen LogP contribution >= 0.6 is 0 Å². The van der Waals surface area contributed by atoms with Gasteiger partial charge in [-0.25, -0.2) is 14.8 Å². The zero-order chi connectivity index (χ0) is 32.3. The van der Waals surface area contributed by atoms with Crippen molar-refractivity contribution >= 4 is 16.5 Å². The number of aromatic nitrogens is 2. The first kappa shape index (κ1) is 28.8. The largest absolute Gasteiger partial charge is 0.238 e. The Morgan fingerprint density at radius 3 is 1.48 bits per heavy atom. The number of nitrogens with zero attached hydrogens (tertiary/aromatic N) is 3. The van der Waals surface area contributed by atoms with E-state index in [-0.39, 0.29) is 0 Å². The van der Waals surface area contributed by atoms with Gasteiger partial charge in [0.15, 0.2) is 11.5 Å². The summed E-state index contributed by atoms with van der Waals surface area (Å²) in [5, 5.41) is 2.36. The summed E-state index contributed by atoms with van der Waals surface area (Å²) < 4.78 is 0. The second kappa shape index (κ2) is 12.6. The van der Waals surface area contributed by atoms with Crippen LogP contribution in [-0.4, -0.2) is 9.97 Å². The molecule has 0 aliphatic rings. The smallest absolute Gasteiger partial charge is 0.187 e. The SMILES string of the molecule is [C-]#[N+]c1ccc(-c2ccc3ccccc3c2-c2ccc(-c3nc(-c4ccccc4)nc(-c4ccccc4)c3-c3ccccc3)cc2)cc1. The second-order valence-corrected chi connectivity index (χ2v) is 11.7. The van der Waals surface area contributed by atoms with E-state index in [1.165, 1.54) is 10.8 Å². The maximum Gasteiger partial charge on any atom is 0.187 e. The average Bonchev–Trinajstić information content (AvgIpc) is 3.18. The predicted molar refractivity (Wildman–Crippen MR) is 198 cm³/mol. The van der Waals surface area contributed by atoms with Gasteiger partial charge >= 0.3 is 0 Å². The Hall–Kier alpha value is -6.63. The second-order valence-electron chi connectivity index (χ2n) is 11.7. The standard InChI is InChI=1S/C45H29N3/c1-46-38-28-25-32(26-29-38)40-30-27-31-13-11-12-20-39(31)41(40)34-21-23-36(24-22-34)44-42(33-14-5-2-6-15-33)43(35-16-7-3-8-17-35)47-45(48-44)37-18-9-4-10-19-37/h2-30H. The topological polar surface area (TPSA) is 30.1 Å². The van der Waals surface area contributed by atoms with Gasteiger partial charge in [0.25, 0.3) is 0 Å². The molecule has 0 unspecified atom stereocenters. The molecule has 0 N–H and O–H groups in total. The number of benzene rings is 7. The summed E-state index contributed by atoms with van der Waals surface area (Å²) in [7, 11) is 0. The zero-order valence-electron chi connectivity index (χ0n) is 26.1. The molecule has 0 saturated heterocycles. The molecule has 3 heteroatoms. The molecule has 0 bridgehead atoms. The fraction of sp³-hybridized carbons (Fsp3) is 0. The predicted octanol–water partition coefficient (Wildman–Crippen LogP) is 12.2. The van der Waals surface area contributed by atoms with Gasteiger partial charge in [-0.05, 0) is 38.6 Å². The van der Waals surface area contributed by atoms with Crippen molar-refractivity contribution in [2.75, 3.05) is 0 Å². The Labute approximate surface area is 280 Å². The lowest BCUT2D eigenvalue weighted by atomic mass is 9.88. The van der Waals surface area contributed by atoms with E-state index in [1.54, 1.807) is 0 Å². The number of hydrogen-bond donors (Lipinski definition) is 0. The molecule has 7 aromatic carbocycles. The third kappa shape index (κ3) is 5.42. The first-order valence-electron chi connectivity index (χ1n) is 16.0. The molecule has 3 nitrogen and oxygen atoms in total. The van der Waals surface area contributed by atoms with Crippen molar-refractivity contribution in [1.29, 1.82) is 0 Å². The highest BCUT2D eigenvalue weighted by molar-refractivity contribution is 6.04. The quantitative estimate of drug-likeness (QED) is 0.175. The Morgan fingerprint density at radius 2 is 0.854 bits per heavy atom. The van der Waals surface area contributed by atoms with Crippen molar-refractivity contribution in [2.24, 2.45) is 0 Å². The summed E-state index contributed by atoms with van der Waals surface area (Å²) in [6.07, 6.45) is 0. The van der Waals surface area contributed by atoms with Crippen LogP contribution in [0.2, 0.25) is 0 Å². The monoisotopic (exact) mass is 611 g/mol. The van der Waals surface area contributed by atoms with Gasteiger partial charge in [-0.1, -0.05) is 176 Å². The molecule has 1 aromatic heterocycles. The van der Waals surface area contributed by atoms with E-state index in [0.717, 1.165) is 61.5 Å². The van der Waals surface area contributed by atoms with Crippen LogP contribution < -0.4 is 0 Å². The summed E-state index contributed by atoms with van der Waals surface area (Å²) in [4.78, 5) is 14.1. The van der Waals surface area contributed by atoms with E-state index < -0.39 is 0 Å². The highest BCUT2D eigenvalue weighted by Crippen LogP contribution is 2.42. The van der Waals surface area contributed by atoms with E-state index in [2.05, 4.69) is 126 Å². The molecule has 8 aromatic rings. The molecule has 0 aliphatic carbocycles. The van der Waals surface area contributed by atoms with Crippen molar-refractivity contribution < 1.29 is 0 Å². The first-order chi connectivity index (χ1) is 23.8. The molecule has 0 atom stereocenters. The van der Waals surface area contributed by atoms with Gasteiger partial charge in [-0.3, -0.25) is 0 Å². The summed E-state index contributed by atoms with van der Waals surface area (Å²) in [6, 6.07) is 60.5. The summed E-state index contributed by atoms with van der Waals surface area (Å²) >= 11 is 0. The third-order valence-corrected chi connectivity index (χ3v) is 8.73. The molecule has 0 amide bonds. The van der Waals surface area contributed by atoms with Crippen molar-refractivity contribution in [3.8, 4) is 67.3 Å². The average molecular weight is 612 g/mol. The van der Waals surface area contributed by atoms with Crippen LogP contribution in [0, 0.1) is 6.57 Å². The van der Waals surface area contributed by atoms with E-state index in [1.807, 2.05) is 54.6 Å². The highest BCUT2D eigenvalue weighted by atomic mass is 14.9. The molecule has 0 spiro atoms. The molecule has 8 rings (SSSR count). The molecule has 0 radical (unpaired) electrons. The number of fused-ring (bicyclic) bond motifs is 1. The lowest BCUT2D eigenvalue weighted by molar-refractivity contribution is 1.18. The third-order valence-electron chi connectivity index (χ3n) is 8.73. The number of rotatable bonds is 6. The van der Waals surface area contributed by atoms with Crippen LogP contribution in [0.15, 0.2) is 176 Å². The van der Waals surface area contributed by atoms with Crippen molar-refractivity contribution in [1.82, 2.24) is 9.97 Å². The van der Waals surface area contributed by atoms with Crippen LogP contribution in [0.1, 0.15) is 0 Å². The minimum atomic E-state index is 0.634. The molecule has 0 saturated carbocycles. The van der Waals surface area contributed by atoms with Crippen LogP contribution in [0.3, 0.4) is 0 Å². The van der Waals surface area contributed by atoms with Crippen molar-refractivity contribution in [2.45, 2.75) is 0 Å². The van der Waals surface area contributed by atoms with Gasteiger partial charge in [0.05, 0.1) is 18.0 Å². The molecule has 48 heavy (non-hydrogen) atoms. The minimum Gasteiger partial charge on any atom is -0.238 e. The molecular weight excluding hydrogens is 583 g/mol. The van der Waals surface area contributed by atoms with Gasteiger partial charge in [0.1, 0.15) is 0 Å². The Balaban J connectivity index is 1.35. The maximum absolute atomic E-state index is 7.40. The fourth-order valence-electron chi connectivity index (χ4n) is 6.40. The zero-order valence-corrected chi connectivity index (χ0v) is 26.1. The molecular formula is C45H29N3. The van der Waals surface area contributed by atoms with E-state index in [9.17, 15) is 0 Å². The minimum absolute atomic E-state index is 0.634. The van der Waals surface area contributed by atoms with Crippen LogP contribution in [-0.2, 0) is 0 Å². The van der Waals surface area contributed by atoms with Crippen LogP contribution in [0.4, 0.5) is 5.69 Å². The lowest BCUT2D eigenvalue weighted by Gasteiger charge is -2.18. The van der Waals surface area contributed by atoms with Gasteiger partial charge < -0.3 is 0 Å². The van der Waals surface area contributed by atoms with Gasteiger partial charge in [-0.2, -0.15) is 0 Å². The molecule has 0 aliphatic heterocycles. The van der Waals surface area contributed by atoms with Gasteiger partial charge in [0, 0.05) is 22.3 Å². The number of hydrogen-bond acceptors (Lipinski definition) is 2. The van der Waals surface area contributed by atoms with E-state index in [4.69, 9.17) is 16.5 Å². The fourth-order valence-corrected chi connectivity index (χ4v) is 6.40. The Bertz CT molecular complexity index is 2410. The van der Waals surface area contributed by atoms with Crippen molar-refractivity contribution in [3.63, 3.8) is 0 Å². The lowest BCUT2D eigenvalue weighted by Crippen LogP contribution is -2.00.